The van der Waals surface area contributed by atoms with E-state index >= 15 is 0 Å². The largest absolute Gasteiger partial charge is 0.464 e. The summed E-state index contributed by atoms with van der Waals surface area (Å²) >= 11 is 0. The molecular weight excluding hydrogens is 561 g/mol. The van der Waals surface area contributed by atoms with Crippen molar-refractivity contribution in [2.45, 2.75) is 89.6 Å². The first kappa shape index (κ1) is 33.6. The first-order chi connectivity index (χ1) is 20.0. The molecule has 4 N–H and O–H groups in total. The minimum absolute atomic E-state index is 0.0235. The van der Waals surface area contributed by atoms with Crippen LogP contribution < -0.4 is 16.5 Å². The number of aliphatic hydroxyl groups is 1. The molecule has 0 aliphatic carbocycles. The number of esters is 1. The second-order valence-electron chi connectivity index (χ2n) is 10.9. The molecule has 0 radical (unpaired) electrons. The molecule has 1 saturated heterocycles. The summed E-state index contributed by atoms with van der Waals surface area (Å²) in [5.74, 6) is -0.219. The molecule has 13 heteroatoms. The number of nitrogens with zero attached hydrogens (tertiary/aromatic N) is 3. The van der Waals surface area contributed by atoms with Crippen LogP contribution >= 0.6 is 7.52 Å². The van der Waals surface area contributed by atoms with Crippen LogP contribution in [0.2, 0.25) is 0 Å². The number of hydrogen-bond donors (Lipinski definition) is 3. The van der Waals surface area contributed by atoms with Gasteiger partial charge in [-0.25, -0.2) is 9.88 Å². The molecule has 2 aromatic rings. The Kier molecular flexibility index (Phi) is 12.0. The van der Waals surface area contributed by atoms with Crippen molar-refractivity contribution >= 4 is 26.0 Å². The number of hydrogen-bond acceptors (Lipinski definition) is 10. The number of carbonyl (C=O) groups excluding carboxylic acids is 1. The Balaban J connectivity index is 1.77. The van der Waals surface area contributed by atoms with E-state index in [9.17, 15) is 19.3 Å². The number of aromatic nitrogens is 2. The van der Waals surface area contributed by atoms with Crippen LogP contribution in [-0.4, -0.2) is 64.3 Å². The normalized spacial score (nSPS) is 24.3. The SMILES string of the molecule is C=N[C@]1(C)[C@H](O)[C@@H](COP(=O)(Cc2ccccc2)N[C@@H](C)C(=O)OCC(CCC)CCC)O[C@H]1n1ccc(N)nc1=O. The van der Waals surface area contributed by atoms with E-state index in [1.54, 1.807) is 26.0 Å². The lowest BCUT2D eigenvalue weighted by molar-refractivity contribution is -0.146. The highest BCUT2D eigenvalue weighted by molar-refractivity contribution is 7.56. The van der Waals surface area contributed by atoms with Crippen molar-refractivity contribution in [2.75, 3.05) is 18.9 Å². The molecule has 12 nitrogen and oxygen atoms in total. The molecule has 1 aromatic heterocycles. The minimum Gasteiger partial charge on any atom is -0.464 e. The van der Waals surface area contributed by atoms with Gasteiger partial charge in [-0.3, -0.25) is 18.9 Å². The van der Waals surface area contributed by atoms with Crippen LogP contribution in [0.1, 0.15) is 65.2 Å². The quantitative estimate of drug-likeness (QED) is 0.146. The predicted molar refractivity (Wildman–Crippen MR) is 161 cm³/mol. The highest BCUT2D eigenvalue weighted by Gasteiger charge is 2.54. The summed E-state index contributed by atoms with van der Waals surface area (Å²) < 4.78 is 32.9. The van der Waals surface area contributed by atoms with E-state index in [-0.39, 0.29) is 24.5 Å². The highest BCUT2D eigenvalue weighted by Crippen LogP contribution is 2.49. The third-order valence-corrected chi connectivity index (χ3v) is 9.61. The van der Waals surface area contributed by atoms with E-state index < -0.39 is 49.2 Å². The maximum absolute atomic E-state index is 14.2. The van der Waals surface area contributed by atoms with Crippen LogP contribution in [0.4, 0.5) is 5.82 Å². The maximum Gasteiger partial charge on any atom is 0.351 e. The van der Waals surface area contributed by atoms with Crippen LogP contribution in [0, 0.1) is 5.92 Å². The van der Waals surface area contributed by atoms with Gasteiger partial charge in [0.1, 0.15) is 29.6 Å². The molecule has 1 fully saturated rings. The summed E-state index contributed by atoms with van der Waals surface area (Å²) in [4.78, 5) is 33.2. The summed E-state index contributed by atoms with van der Waals surface area (Å²) in [7, 11) is -3.75. The second kappa shape index (κ2) is 15.0. The predicted octanol–water partition coefficient (Wildman–Crippen LogP) is 3.69. The Morgan fingerprint density at radius 2 is 1.95 bits per heavy atom. The Labute approximate surface area is 247 Å². The fourth-order valence-electron chi connectivity index (χ4n) is 5.10. The average Bonchev–Trinajstić information content (AvgIpc) is 3.21. The zero-order chi connectivity index (χ0) is 30.9. The number of ether oxygens (including phenoxy) is 2. The van der Waals surface area contributed by atoms with Crippen molar-refractivity contribution in [1.29, 1.82) is 0 Å². The number of carbonyl (C=O) groups is 1. The molecule has 1 aliphatic rings. The molecule has 6 atom stereocenters. The van der Waals surface area contributed by atoms with Crippen LogP contribution in [-0.2, 0) is 29.5 Å². The van der Waals surface area contributed by atoms with Crippen molar-refractivity contribution in [3.05, 3.63) is 58.6 Å². The van der Waals surface area contributed by atoms with Crippen LogP contribution in [0.15, 0.2) is 52.4 Å². The summed E-state index contributed by atoms with van der Waals surface area (Å²) in [6, 6.07) is 9.57. The highest BCUT2D eigenvalue weighted by atomic mass is 31.2. The van der Waals surface area contributed by atoms with Crippen molar-refractivity contribution in [3.63, 3.8) is 0 Å². The summed E-state index contributed by atoms with van der Waals surface area (Å²) in [5, 5.41) is 14.0. The lowest BCUT2D eigenvalue weighted by atomic mass is 9.93. The van der Waals surface area contributed by atoms with E-state index in [0.717, 1.165) is 31.2 Å². The first-order valence-electron chi connectivity index (χ1n) is 14.3. The fraction of sp³-hybridized carbons (Fsp3) is 0.586. The number of aliphatic imine (C=N–C) groups is 1. The van der Waals surface area contributed by atoms with Crippen LogP contribution in [0.3, 0.4) is 0 Å². The molecule has 1 aromatic carbocycles. The van der Waals surface area contributed by atoms with Gasteiger partial charge in [0, 0.05) is 6.20 Å². The van der Waals surface area contributed by atoms with Gasteiger partial charge < -0.3 is 24.8 Å². The zero-order valence-electron chi connectivity index (χ0n) is 24.8. The monoisotopic (exact) mass is 605 g/mol. The summed E-state index contributed by atoms with van der Waals surface area (Å²) in [5.41, 5.74) is 4.31. The molecule has 42 heavy (non-hydrogen) atoms. The van der Waals surface area contributed by atoms with E-state index in [1.165, 1.54) is 16.8 Å². The van der Waals surface area contributed by atoms with Gasteiger partial charge >= 0.3 is 11.7 Å². The Bertz CT molecular complexity index is 1290. The van der Waals surface area contributed by atoms with Gasteiger partial charge in [0.15, 0.2) is 6.23 Å². The van der Waals surface area contributed by atoms with Gasteiger partial charge in [-0.05, 0) is 51.0 Å². The fourth-order valence-corrected chi connectivity index (χ4v) is 7.13. The molecule has 2 heterocycles. The van der Waals surface area contributed by atoms with E-state index in [4.69, 9.17) is 19.7 Å². The molecule has 0 saturated carbocycles. The Morgan fingerprint density at radius 1 is 1.29 bits per heavy atom. The number of nitrogens with one attached hydrogen (secondary N) is 1. The van der Waals surface area contributed by atoms with E-state index in [1.807, 2.05) is 18.2 Å². The van der Waals surface area contributed by atoms with Gasteiger partial charge in [0.2, 0.25) is 0 Å². The van der Waals surface area contributed by atoms with Crippen LogP contribution in [0.25, 0.3) is 0 Å². The summed E-state index contributed by atoms with van der Waals surface area (Å²) in [6.07, 6.45) is 1.90. The molecule has 0 spiro atoms. The third kappa shape index (κ3) is 8.35. The Hall–Kier alpha value is -2.89. The van der Waals surface area contributed by atoms with Gasteiger partial charge in [0.05, 0.1) is 19.4 Å². The number of nitrogen functional groups attached to an aromatic ring is 1. The number of nitrogens with two attached hydrogens (primary N) is 1. The van der Waals surface area contributed by atoms with Crippen molar-refractivity contribution in [2.24, 2.45) is 10.9 Å². The first-order valence-corrected chi connectivity index (χ1v) is 16.1. The van der Waals surface area contributed by atoms with Crippen molar-refractivity contribution in [1.82, 2.24) is 14.6 Å². The smallest absolute Gasteiger partial charge is 0.351 e. The minimum atomic E-state index is -3.75. The standard InChI is InChI=1S/C29H44N5O7P/c1-6-11-21(12-7-2)17-39-26(36)20(3)33-42(38,19-22-13-9-8-10-14-22)40-18-23-25(35)29(4,31-5)27(41-23)34-16-15-24(30)32-28(34)37/h8-10,13-16,20-21,23,25,27,35H,5-7,11-12,17-19H2,1-4H3,(H,33,38)(H2,30,32,37)/t20-,23+,25+,27+,29+,42?/m0/s1. The summed E-state index contributed by atoms with van der Waals surface area (Å²) in [6.45, 7) is 10.9. The topological polar surface area (TPSA) is 167 Å². The number of aliphatic hydroxyl groups excluding tert-OH is 1. The van der Waals surface area contributed by atoms with Gasteiger partial charge in [-0.1, -0.05) is 57.0 Å². The lowest BCUT2D eigenvalue weighted by Gasteiger charge is -2.29. The molecule has 0 bridgehead atoms. The molecule has 232 valence electrons. The second-order valence-corrected chi connectivity index (χ2v) is 13.1. The zero-order valence-corrected chi connectivity index (χ0v) is 25.7. The van der Waals surface area contributed by atoms with Crippen LogP contribution in [0.5, 0.6) is 0 Å². The van der Waals surface area contributed by atoms with E-state index in [0.29, 0.717) is 6.61 Å². The number of anilines is 1. The number of rotatable bonds is 16. The molecular formula is C29H44N5O7P. The Morgan fingerprint density at radius 3 is 2.55 bits per heavy atom. The molecule has 1 aliphatic heterocycles. The van der Waals surface area contributed by atoms with Gasteiger partial charge in [-0.2, -0.15) is 4.98 Å². The average molecular weight is 606 g/mol. The molecule has 0 amide bonds. The van der Waals surface area contributed by atoms with Gasteiger partial charge in [0.25, 0.3) is 7.52 Å². The van der Waals surface area contributed by atoms with Gasteiger partial charge in [-0.15, -0.1) is 0 Å². The molecule has 3 rings (SSSR count). The number of benzene rings is 1. The van der Waals surface area contributed by atoms with Crippen molar-refractivity contribution < 1.29 is 28.5 Å². The molecule has 1 unspecified atom stereocenters. The van der Waals surface area contributed by atoms with E-state index in [2.05, 4.69) is 35.6 Å². The maximum atomic E-state index is 14.2. The van der Waals surface area contributed by atoms with Crippen molar-refractivity contribution in [3.8, 4) is 0 Å². The lowest BCUT2D eigenvalue weighted by Crippen LogP contribution is -2.45. The third-order valence-electron chi connectivity index (χ3n) is 7.48.